The Morgan fingerprint density at radius 2 is 1.90 bits per heavy atom. The van der Waals surface area contributed by atoms with Crippen molar-refractivity contribution >= 4 is 17.4 Å². The van der Waals surface area contributed by atoms with Crippen molar-refractivity contribution in [3.05, 3.63) is 39.9 Å². The molecule has 5 heteroatoms. The average molecular weight is 308 g/mol. The Kier molecular flexibility index (Phi) is 5.65. The summed E-state index contributed by atoms with van der Waals surface area (Å²) in [7, 11) is 0. The fraction of sp³-hybridized carbons (Fsp3) is 0.625. The highest BCUT2D eigenvalue weighted by Gasteiger charge is 2.31. The summed E-state index contributed by atoms with van der Waals surface area (Å²) >= 11 is 1.98. The van der Waals surface area contributed by atoms with E-state index in [0.717, 1.165) is 12.1 Å². The van der Waals surface area contributed by atoms with E-state index in [9.17, 15) is 10.1 Å². The molecule has 0 amide bonds. The van der Waals surface area contributed by atoms with Crippen molar-refractivity contribution < 1.29 is 4.92 Å². The SMILES string of the molecule is CSC1(CNC(C)c2ccc([N+](=O)[O-])cc2)CCCCC1. The van der Waals surface area contributed by atoms with Crippen LogP contribution in [-0.4, -0.2) is 22.5 Å². The Balaban J connectivity index is 1.94. The molecule has 0 spiro atoms. The number of nitro benzene ring substituents is 1. The van der Waals surface area contributed by atoms with Gasteiger partial charge in [-0.3, -0.25) is 10.1 Å². The Labute approximate surface area is 130 Å². The molecule has 2 rings (SSSR count). The van der Waals surface area contributed by atoms with Crippen LogP contribution in [0.25, 0.3) is 0 Å². The van der Waals surface area contributed by atoms with E-state index in [-0.39, 0.29) is 16.7 Å². The number of rotatable bonds is 6. The molecule has 0 radical (unpaired) electrons. The number of nitrogens with one attached hydrogen (secondary N) is 1. The maximum absolute atomic E-state index is 10.7. The standard InChI is InChI=1S/C16H24N2O2S/c1-13(14-6-8-15(9-7-14)18(19)20)17-12-16(21-2)10-4-3-5-11-16/h6-9,13,17H,3-5,10-12H2,1-2H3. The summed E-state index contributed by atoms with van der Waals surface area (Å²) in [5, 5.41) is 14.3. The predicted molar refractivity (Wildman–Crippen MR) is 88.8 cm³/mol. The highest BCUT2D eigenvalue weighted by molar-refractivity contribution is 8.00. The third-order valence-electron chi connectivity index (χ3n) is 4.53. The molecule has 1 unspecified atom stereocenters. The predicted octanol–water partition coefficient (Wildman–Crippen LogP) is 4.31. The van der Waals surface area contributed by atoms with Gasteiger partial charge in [0.15, 0.2) is 0 Å². The minimum absolute atomic E-state index is 0.152. The first-order valence-corrected chi connectivity index (χ1v) is 8.82. The van der Waals surface area contributed by atoms with Crippen molar-refractivity contribution in [1.82, 2.24) is 5.32 Å². The van der Waals surface area contributed by atoms with Crippen LogP contribution in [0.4, 0.5) is 5.69 Å². The van der Waals surface area contributed by atoms with E-state index in [4.69, 9.17) is 0 Å². The van der Waals surface area contributed by atoms with Gasteiger partial charge < -0.3 is 5.32 Å². The van der Waals surface area contributed by atoms with Gasteiger partial charge in [-0.25, -0.2) is 0 Å². The fourth-order valence-electron chi connectivity index (χ4n) is 2.99. The highest BCUT2D eigenvalue weighted by atomic mass is 32.2. The molecule has 1 aliphatic carbocycles. The number of benzene rings is 1. The molecule has 0 heterocycles. The summed E-state index contributed by atoms with van der Waals surface area (Å²) in [5.74, 6) is 0. The fourth-order valence-corrected chi connectivity index (χ4v) is 3.92. The van der Waals surface area contributed by atoms with E-state index >= 15 is 0 Å². The third-order valence-corrected chi connectivity index (χ3v) is 5.95. The maximum Gasteiger partial charge on any atom is 0.269 e. The monoisotopic (exact) mass is 308 g/mol. The molecule has 1 aliphatic rings. The molecule has 116 valence electrons. The lowest BCUT2D eigenvalue weighted by molar-refractivity contribution is -0.384. The molecular formula is C16H24N2O2S. The van der Waals surface area contributed by atoms with Gasteiger partial charge in [0.1, 0.15) is 0 Å². The summed E-state index contributed by atoms with van der Waals surface area (Å²) in [6, 6.07) is 7.08. The van der Waals surface area contributed by atoms with Crippen molar-refractivity contribution in [2.24, 2.45) is 0 Å². The van der Waals surface area contributed by atoms with Gasteiger partial charge >= 0.3 is 0 Å². The van der Waals surface area contributed by atoms with Gasteiger partial charge in [0, 0.05) is 29.5 Å². The van der Waals surface area contributed by atoms with Gasteiger partial charge in [-0.05, 0) is 31.6 Å². The molecule has 1 fully saturated rings. The van der Waals surface area contributed by atoms with E-state index in [1.165, 1.54) is 32.1 Å². The van der Waals surface area contributed by atoms with E-state index in [0.29, 0.717) is 4.75 Å². The molecule has 1 N–H and O–H groups in total. The van der Waals surface area contributed by atoms with E-state index in [1.807, 2.05) is 23.9 Å². The molecule has 0 aliphatic heterocycles. The van der Waals surface area contributed by atoms with Crippen LogP contribution in [0.15, 0.2) is 24.3 Å². The lowest BCUT2D eigenvalue weighted by Crippen LogP contribution is -2.40. The molecule has 0 bridgehead atoms. The summed E-state index contributed by atoms with van der Waals surface area (Å²) in [6.45, 7) is 3.13. The molecular weight excluding hydrogens is 284 g/mol. The van der Waals surface area contributed by atoms with Crippen molar-refractivity contribution in [2.45, 2.75) is 49.8 Å². The minimum atomic E-state index is -0.355. The number of nitrogens with zero attached hydrogens (tertiary/aromatic N) is 1. The third kappa shape index (κ3) is 4.20. The molecule has 4 nitrogen and oxygen atoms in total. The molecule has 0 saturated heterocycles. The minimum Gasteiger partial charge on any atom is -0.309 e. The van der Waals surface area contributed by atoms with Gasteiger partial charge in [-0.2, -0.15) is 11.8 Å². The van der Waals surface area contributed by atoms with Crippen LogP contribution in [0.1, 0.15) is 50.6 Å². The second-order valence-corrected chi connectivity index (χ2v) is 7.17. The quantitative estimate of drug-likeness (QED) is 0.628. The van der Waals surface area contributed by atoms with Crippen LogP contribution in [0.3, 0.4) is 0 Å². The van der Waals surface area contributed by atoms with Crippen LogP contribution >= 0.6 is 11.8 Å². The summed E-state index contributed by atoms with van der Waals surface area (Å²) < 4.78 is 0.368. The largest absolute Gasteiger partial charge is 0.309 e. The summed E-state index contributed by atoms with van der Waals surface area (Å²) in [4.78, 5) is 10.3. The van der Waals surface area contributed by atoms with Crippen molar-refractivity contribution in [1.29, 1.82) is 0 Å². The van der Waals surface area contributed by atoms with Gasteiger partial charge in [0.25, 0.3) is 5.69 Å². The number of hydrogen-bond acceptors (Lipinski definition) is 4. The number of thioether (sulfide) groups is 1. The van der Waals surface area contributed by atoms with Crippen molar-refractivity contribution in [3.63, 3.8) is 0 Å². The normalized spacial score (nSPS) is 19.1. The Bertz CT molecular complexity index is 470. The lowest BCUT2D eigenvalue weighted by atomic mass is 9.88. The Hall–Kier alpha value is -1.07. The first-order valence-electron chi connectivity index (χ1n) is 7.59. The molecule has 0 aromatic heterocycles. The first-order chi connectivity index (χ1) is 10.1. The maximum atomic E-state index is 10.7. The smallest absolute Gasteiger partial charge is 0.269 e. The van der Waals surface area contributed by atoms with Crippen LogP contribution < -0.4 is 5.32 Å². The second-order valence-electron chi connectivity index (χ2n) is 5.90. The molecule has 1 saturated carbocycles. The molecule has 1 atom stereocenters. The number of non-ortho nitro benzene ring substituents is 1. The molecule has 21 heavy (non-hydrogen) atoms. The highest BCUT2D eigenvalue weighted by Crippen LogP contribution is 2.38. The summed E-state index contributed by atoms with van der Waals surface area (Å²) in [5.41, 5.74) is 1.26. The van der Waals surface area contributed by atoms with Crippen LogP contribution in [-0.2, 0) is 0 Å². The van der Waals surface area contributed by atoms with E-state index in [2.05, 4.69) is 18.5 Å². The van der Waals surface area contributed by atoms with Gasteiger partial charge in [-0.1, -0.05) is 31.4 Å². The zero-order valence-corrected chi connectivity index (χ0v) is 13.6. The molecule has 1 aromatic rings. The van der Waals surface area contributed by atoms with Crippen molar-refractivity contribution in [3.8, 4) is 0 Å². The van der Waals surface area contributed by atoms with Crippen molar-refractivity contribution in [2.75, 3.05) is 12.8 Å². The average Bonchev–Trinajstić information content (AvgIpc) is 2.53. The zero-order chi connectivity index (χ0) is 15.3. The number of nitro groups is 1. The van der Waals surface area contributed by atoms with E-state index in [1.54, 1.807) is 12.1 Å². The van der Waals surface area contributed by atoms with Gasteiger partial charge in [0.05, 0.1) is 4.92 Å². The summed E-state index contributed by atoms with van der Waals surface area (Å²) in [6.07, 6.45) is 8.80. The molecule has 1 aromatic carbocycles. The Morgan fingerprint density at radius 1 is 1.29 bits per heavy atom. The van der Waals surface area contributed by atoms with Crippen LogP contribution in [0, 0.1) is 10.1 Å². The lowest BCUT2D eigenvalue weighted by Gasteiger charge is -2.37. The topological polar surface area (TPSA) is 55.2 Å². The second kappa shape index (κ2) is 7.27. The van der Waals surface area contributed by atoms with Crippen LogP contribution in [0.5, 0.6) is 0 Å². The number of hydrogen-bond donors (Lipinski definition) is 1. The van der Waals surface area contributed by atoms with E-state index < -0.39 is 0 Å². The van der Waals surface area contributed by atoms with Gasteiger partial charge in [-0.15, -0.1) is 0 Å². The van der Waals surface area contributed by atoms with Crippen LogP contribution in [0.2, 0.25) is 0 Å². The first kappa shape index (κ1) is 16.3. The Morgan fingerprint density at radius 3 is 2.43 bits per heavy atom. The van der Waals surface area contributed by atoms with Gasteiger partial charge in [0.2, 0.25) is 0 Å². The zero-order valence-electron chi connectivity index (χ0n) is 12.8.